The van der Waals surface area contributed by atoms with Crippen LogP contribution in [0.25, 0.3) is 17.0 Å². The predicted octanol–water partition coefficient (Wildman–Crippen LogP) is 5.46. The number of nitrogens with one attached hydrogen (secondary N) is 1. The van der Waals surface area contributed by atoms with E-state index < -0.39 is 11.6 Å². The lowest BCUT2D eigenvalue weighted by Gasteiger charge is -2.15. The third kappa shape index (κ3) is 8.27. The third-order valence-corrected chi connectivity index (χ3v) is 6.31. The number of aromatic nitrogens is 4. The first-order valence-electron chi connectivity index (χ1n) is 13.6. The summed E-state index contributed by atoms with van der Waals surface area (Å²) in [5, 5.41) is 10.8. The topological polar surface area (TPSA) is 124 Å². The molecule has 1 aromatic carbocycles. The maximum atomic E-state index is 14.6. The minimum absolute atomic E-state index is 0.114. The van der Waals surface area contributed by atoms with Crippen LogP contribution in [0.2, 0.25) is 0 Å². The van der Waals surface area contributed by atoms with Crippen LogP contribution in [0, 0.1) is 23.5 Å². The Morgan fingerprint density at radius 3 is 2.42 bits per heavy atom. The van der Waals surface area contributed by atoms with Gasteiger partial charge in [0.25, 0.3) is 0 Å². The monoisotopic (exact) mass is 555 g/mol. The first-order valence-corrected chi connectivity index (χ1v) is 13.6. The van der Waals surface area contributed by atoms with Crippen LogP contribution in [0.5, 0.6) is 5.75 Å². The van der Waals surface area contributed by atoms with Crippen molar-refractivity contribution in [3.63, 3.8) is 0 Å². The number of ether oxygens (including phenoxy) is 1. The van der Waals surface area contributed by atoms with E-state index in [-0.39, 0.29) is 17.1 Å². The van der Waals surface area contributed by atoms with E-state index >= 15 is 0 Å². The van der Waals surface area contributed by atoms with E-state index in [1.54, 1.807) is 18.8 Å². The van der Waals surface area contributed by atoms with Crippen molar-refractivity contribution < 1.29 is 22.6 Å². The SMILES string of the molecule is CCc1nc(-c2c(F)cc(OCCCC3CCN=CN/C=C(/c4noc(CC(C)C)n4)C=NCC3)cc2F)no1. The van der Waals surface area contributed by atoms with Gasteiger partial charge in [0.2, 0.25) is 23.4 Å². The van der Waals surface area contributed by atoms with Gasteiger partial charge in [-0.15, -0.1) is 0 Å². The van der Waals surface area contributed by atoms with Gasteiger partial charge in [-0.05, 0) is 37.5 Å². The molecule has 0 bridgehead atoms. The number of aryl methyl sites for hydroxylation is 1. The molecule has 40 heavy (non-hydrogen) atoms. The molecule has 0 spiro atoms. The van der Waals surface area contributed by atoms with Crippen LogP contribution in [0.1, 0.15) is 64.1 Å². The normalized spacial score (nSPS) is 17.6. The summed E-state index contributed by atoms with van der Waals surface area (Å²) in [6.45, 7) is 7.64. The molecular weight excluding hydrogens is 520 g/mol. The van der Waals surface area contributed by atoms with Gasteiger partial charge < -0.3 is 19.1 Å². The highest BCUT2D eigenvalue weighted by Gasteiger charge is 2.19. The van der Waals surface area contributed by atoms with Crippen molar-refractivity contribution in [1.29, 1.82) is 0 Å². The Hall–Kier alpha value is -3.96. The van der Waals surface area contributed by atoms with E-state index in [9.17, 15) is 8.78 Å². The number of hydrogen-bond acceptors (Lipinski definition) is 10. The van der Waals surface area contributed by atoms with Gasteiger partial charge in [-0.2, -0.15) is 9.97 Å². The summed E-state index contributed by atoms with van der Waals surface area (Å²) in [6.07, 6.45) is 9.71. The molecule has 1 N–H and O–H groups in total. The van der Waals surface area contributed by atoms with Gasteiger partial charge in [-0.25, -0.2) is 8.78 Å². The summed E-state index contributed by atoms with van der Waals surface area (Å²) < 4.78 is 45.2. The average molecular weight is 556 g/mol. The molecule has 1 aliphatic heterocycles. The molecule has 10 nitrogen and oxygen atoms in total. The van der Waals surface area contributed by atoms with E-state index in [0.29, 0.717) is 67.6 Å². The van der Waals surface area contributed by atoms with Crippen molar-refractivity contribution in [3.05, 3.63) is 47.6 Å². The van der Waals surface area contributed by atoms with Gasteiger partial charge in [-0.3, -0.25) is 9.98 Å². The molecular formula is C28H35F2N7O3. The number of rotatable bonds is 10. The second-order valence-electron chi connectivity index (χ2n) is 10.0. The zero-order chi connectivity index (χ0) is 28.3. The third-order valence-electron chi connectivity index (χ3n) is 6.31. The van der Waals surface area contributed by atoms with E-state index in [0.717, 1.165) is 37.8 Å². The smallest absolute Gasteiger partial charge is 0.227 e. The van der Waals surface area contributed by atoms with Crippen molar-refractivity contribution >= 4 is 18.1 Å². The number of nitrogens with zero attached hydrogens (tertiary/aromatic N) is 6. The van der Waals surface area contributed by atoms with Crippen molar-refractivity contribution in [3.8, 4) is 17.1 Å². The van der Waals surface area contributed by atoms with Crippen LogP contribution in [0.15, 0.2) is 37.4 Å². The summed E-state index contributed by atoms with van der Waals surface area (Å²) >= 11 is 0. The number of halogens is 2. The summed E-state index contributed by atoms with van der Waals surface area (Å²) in [5.74, 6) is 0.587. The quantitative estimate of drug-likeness (QED) is 0.327. The highest BCUT2D eigenvalue weighted by molar-refractivity contribution is 6.08. The lowest BCUT2D eigenvalue weighted by Crippen LogP contribution is -2.10. The Morgan fingerprint density at radius 2 is 1.70 bits per heavy atom. The molecule has 4 rings (SSSR count). The molecule has 1 unspecified atom stereocenters. The van der Waals surface area contributed by atoms with Gasteiger partial charge in [0.05, 0.1) is 24.1 Å². The second kappa shape index (κ2) is 14.4. The second-order valence-corrected chi connectivity index (χ2v) is 10.0. The standard InChI is InChI=1S/C28H35F2N7O3/c1-4-24-34-28(37-39-24)26-22(29)13-21(14-23(26)30)38-11-5-6-19-7-9-31-15-20(16-33-17-32-10-8-19)27-35-25(40-36-27)12-18(2)3/h13-19H,4-12H2,1-3H3,(H,32,33)/b20-16+,31-15?. The molecule has 1 aliphatic rings. The first-order chi connectivity index (χ1) is 19.4. The first kappa shape index (κ1) is 29.0. The molecule has 0 fully saturated rings. The summed E-state index contributed by atoms with van der Waals surface area (Å²) in [6, 6.07) is 2.29. The molecule has 0 aliphatic carbocycles. The Kier molecular flexibility index (Phi) is 10.5. The summed E-state index contributed by atoms with van der Waals surface area (Å²) in [5.41, 5.74) is 0.388. The molecule has 2 aromatic heterocycles. The molecule has 12 heteroatoms. The lowest BCUT2D eigenvalue weighted by atomic mass is 9.96. The number of aliphatic imine (C=N–C) groups is 2. The van der Waals surface area contributed by atoms with E-state index in [4.69, 9.17) is 13.8 Å². The average Bonchev–Trinajstić information content (AvgIpc) is 3.57. The summed E-state index contributed by atoms with van der Waals surface area (Å²) in [7, 11) is 0. The minimum atomic E-state index is -0.799. The zero-order valence-corrected chi connectivity index (χ0v) is 23.1. The fourth-order valence-electron chi connectivity index (χ4n) is 4.23. The minimum Gasteiger partial charge on any atom is -0.493 e. The Labute approximate surface area is 232 Å². The van der Waals surface area contributed by atoms with Crippen LogP contribution in [-0.4, -0.2) is 52.5 Å². The predicted molar refractivity (Wildman–Crippen MR) is 147 cm³/mol. The molecule has 0 saturated heterocycles. The lowest BCUT2D eigenvalue weighted by molar-refractivity contribution is 0.284. The molecule has 3 heterocycles. The van der Waals surface area contributed by atoms with Gasteiger partial charge in [-0.1, -0.05) is 31.1 Å². The van der Waals surface area contributed by atoms with E-state index in [2.05, 4.69) is 49.4 Å². The molecule has 214 valence electrons. The Morgan fingerprint density at radius 1 is 1.00 bits per heavy atom. The van der Waals surface area contributed by atoms with Gasteiger partial charge in [0.1, 0.15) is 17.4 Å². The van der Waals surface area contributed by atoms with E-state index in [1.165, 1.54) is 0 Å². The van der Waals surface area contributed by atoms with Crippen LogP contribution in [0.3, 0.4) is 0 Å². The fraction of sp³-hybridized carbons (Fsp3) is 0.500. The van der Waals surface area contributed by atoms with Gasteiger partial charge >= 0.3 is 0 Å². The summed E-state index contributed by atoms with van der Waals surface area (Å²) in [4.78, 5) is 17.5. The molecule has 0 amide bonds. The highest BCUT2D eigenvalue weighted by atomic mass is 19.1. The highest BCUT2D eigenvalue weighted by Crippen LogP contribution is 2.28. The Balaban J connectivity index is 1.28. The molecule has 0 radical (unpaired) electrons. The van der Waals surface area contributed by atoms with Crippen molar-refractivity contribution in [2.45, 2.75) is 59.3 Å². The molecule has 1 atom stereocenters. The van der Waals surface area contributed by atoms with Crippen molar-refractivity contribution in [1.82, 2.24) is 25.6 Å². The van der Waals surface area contributed by atoms with E-state index in [1.807, 2.05) is 6.92 Å². The maximum absolute atomic E-state index is 14.6. The van der Waals surface area contributed by atoms with Gasteiger partial charge in [0, 0.05) is 50.5 Å². The van der Waals surface area contributed by atoms with Crippen molar-refractivity contribution in [2.75, 3.05) is 19.7 Å². The molecule has 3 aromatic rings. The zero-order valence-electron chi connectivity index (χ0n) is 23.1. The number of hydrogen-bond donors (Lipinski definition) is 1. The Bertz CT molecular complexity index is 1310. The number of allylic oxidation sites excluding steroid dienone is 1. The van der Waals surface area contributed by atoms with Crippen LogP contribution in [0.4, 0.5) is 8.78 Å². The fourth-order valence-corrected chi connectivity index (χ4v) is 4.23. The number of benzene rings is 1. The van der Waals surface area contributed by atoms with Gasteiger partial charge in [0.15, 0.2) is 0 Å². The van der Waals surface area contributed by atoms with Crippen LogP contribution < -0.4 is 10.1 Å². The van der Waals surface area contributed by atoms with Crippen molar-refractivity contribution in [2.24, 2.45) is 21.8 Å². The maximum Gasteiger partial charge on any atom is 0.227 e. The largest absolute Gasteiger partial charge is 0.493 e. The molecule has 0 saturated carbocycles. The van der Waals surface area contributed by atoms with Crippen LogP contribution in [-0.2, 0) is 12.8 Å². The van der Waals surface area contributed by atoms with Crippen LogP contribution >= 0.6 is 0 Å².